The molecule has 22 heavy (non-hydrogen) atoms. The number of ether oxygens (including phenoxy) is 1. The molecule has 0 saturated carbocycles. The first-order chi connectivity index (χ1) is 10.3. The van der Waals surface area contributed by atoms with Crippen LogP contribution in [0.4, 0.5) is 18.9 Å². The third kappa shape index (κ3) is 3.75. The Bertz CT molecular complexity index is 711. The predicted molar refractivity (Wildman–Crippen MR) is 77.4 cm³/mol. The van der Waals surface area contributed by atoms with Crippen LogP contribution in [0.25, 0.3) is 0 Å². The van der Waals surface area contributed by atoms with E-state index in [0.717, 1.165) is 12.1 Å². The number of nitrogens with two attached hydrogens (primary N) is 1. The number of methoxy groups -OCH3 is 1. The summed E-state index contributed by atoms with van der Waals surface area (Å²) in [5.74, 6) is 0.355. The Morgan fingerprint density at radius 3 is 2.59 bits per heavy atom. The van der Waals surface area contributed by atoms with Gasteiger partial charge in [0.25, 0.3) is 0 Å². The molecule has 116 valence electrons. The lowest BCUT2D eigenvalue weighted by Gasteiger charge is -2.09. The van der Waals surface area contributed by atoms with Gasteiger partial charge in [0.2, 0.25) is 5.88 Å². The Morgan fingerprint density at radius 1 is 1.23 bits per heavy atom. The molecule has 1 heterocycles. The second-order valence-corrected chi connectivity index (χ2v) is 4.62. The minimum absolute atomic E-state index is 0.0117. The maximum absolute atomic E-state index is 12.8. The molecular weight excluding hydrogens is 295 g/mol. The van der Waals surface area contributed by atoms with Crippen molar-refractivity contribution < 1.29 is 17.9 Å². The van der Waals surface area contributed by atoms with Gasteiger partial charge >= 0.3 is 6.18 Å². The zero-order chi connectivity index (χ0) is 16.3. The molecule has 2 rings (SSSR count). The van der Waals surface area contributed by atoms with Gasteiger partial charge in [-0.2, -0.15) is 13.2 Å². The van der Waals surface area contributed by atoms with E-state index in [1.54, 1.807) is 25.1 Å². The molecule has 1 aromatic carbocycles. The highest BCUT2D eigenvalue weighted by Gasteiger charge is 2.30. The Kier molecular flexibility index (Phi) is 4.35. The van der Waals surface area contributed by atoms with E-state index in [1.807, 2.05) is 0 Å². The fourth-order valence-corrected chi connectivity index (χ4v) is 1.86. The molecule has 2 N–H and O–H groups in total. The number of benzene rings is 1. The summed E-state index contributed by atoms with van der Waals surface area (Å²) in [5, 5.41) is 0. The van der Waals surface area contributed by atoms with E-state index < -0.39 is 11.7 Å². The van der Waals surface area contributed by atoms with Crippen LogP contribution in [0.15, 0.2) is 41.4 Å². The number of hydrogen-bond donors (Lipinski definition) is 1. The molecule has 0 amide bonds. The predicted octanol–water partition coefficient (Wildman–Crippen LogP) is 3.45. The Labute approximate surface area is 125 Å². The van der Waals surface area contributed by atoms with Crippen molar-refractivity contribution in [2.24, 2.45) is 10.7 Å². The van der Waals surface area contributed by atoms with Crippen molar-refractivity contribution >= 4 is 11.5 Å². The first-order valence-electron chi connectivity index (χ1n) is 6.34. The minimum atomic E-state index is -4.43. The number of amidine groups is 1. The molecule has 0 atom stereocenters. The second-order valence-electron chi connectivity index (χ2n) is 4.62. The van der Waals surface area contributed by atoms with Crippen LogP contribution in [0.5, 0.6) is 5.88 Å². The smallest absolute Gasteiger partial charge is 0.416 e. The van der Waals surface area contributed by atoms with Crippen LogP contribution in [0.2, 0.25) is 0 Å². The number of hydrogen-bond acceptors (Lipinski definition) is 3. The highest BCUT2D eigenvalue weighted by atomic mass is 19.4. The second kappa shape index (κ2) is 6.05. The molecule has 4 nitrogen and oxygen atoms in total. The molecule has 0 fully saturated rings. The molecule has 0 spiro atoms. The summed E-state index contributed by atoms with van der Waals surface area (Å²) in [6.07, 6.45) is -4.43. The van der Waals surface area contributed by atoms with Crippen LogP contribution in [-0.2, 0) is 6.18 Å². The number of pyridine rings is 1. The van der Waals surface area contributed by atoms with Crippen LogP contribution in [-0.4, -0.2) is 17.9 Å². The van der Waals surface area contributed by atoms with Gasteiger partial charge in [-0.3, -0.25) is 0 Å². The van der Waals surface area contributed by atoms with Crippen molar-refractivity contribution in [3.05, 3.63) is 53.2 Å². The van der Waals surface area contributed by atoms with Crippen molar-refractivity contribution in [3.8, 4) is 5.88 Å². The molecule has 0 aliphatic carbocycles. The Hall–Kier alpha value is -2.57. The van der Waals surface area contributed by atoms with Gasteiger partial charge in [0, 0.05) is 6.07 Å². The largest absolute Gasteiger partial charge is 0.481 e. The van der Waals surface area contributed by atoms with Crippen LogP contribution < -0.4 is 10.5 Å². The van der Waals surface area contributed by atoms with Crippen molar-refractivity contribution in [3.63, 3.8) is 0 Å². The highest BCUT2D eigenvalue weighted by Crippen LogP contribution is 2.32. The Morgan fingerprint density at radius 2 is 1.95 bits per heavy atom. The third-order valence-electron chi connectivity index (χ3n) is 2.83. The van der Waals surface area contributed by atoms with E-state index >= 15 is 0 Å². The number of halogens is 3. The monoisotopic (exact) mass is 309 g/mol. The van der Waals surface area contributed by atoms with Gasteiger partial charge in [0.05, 0.1) is 18.4 Å². The molecule has 1 aromatic heterocycles. The summed E-state index contributed by atoms with van der Waals surface area (Å²) < 4.78 is 43.4. The van der Waals surface area contributed by atoms with E-state index in [9.17, 15) is 13.2 Å². The number of rotatable bonds is 3. The van der Waals surface area contributed by atoms with Crippen LogP contribution >= 0.6 is 0 Å². The van der Waals surface area contributed by atoms with E-state index in [2.05, 4.69) is 9.98 Å². The zero-order valence-electron chi connectivity index (χ0n) is 12.0. The van der Waals surface area contributed by atoms with Gasteiger partial charge in [-0.05, 0) is 36.8 Å². The van der Waals surface area contributed by atoms with E-state index in [1.165, 1.54) is 13.2 Å². The lowest BCUT2D eigenvalue weighted by molar-refractivity contribution is -0.137. The molecule has 7 heteroatoms. The van der Waals surface area contributed by atoms with Crippen LogP contribution in [0.3, 0.4) is 0 Å². The summed E-state index contributed by atoms with van der Waals surface area (Å²) in [7, 11) is 1.45. The fourth-order valence-electron chi connectivity index (χ4n) is 1.86. The lowest BCUT2D eigenvalue weighted by atomic mass is 10.1. The van der Waals surface area contributed by atoms with Crippen LogP contribution in [0, 0.1) is 6.92 Å². The van der Waals surface area contributed by atoms with Gasteiger partial charge in [-0.15, -0.1) is 0 Å². The first-order valence-corrected chi connectivity index (χ1v) is 6.34. The average molecular weight is 309 g/mol. The third-order valence-corrected chi connectivity index (χ3v) is 2.83. The standard InChI is InChI=1S/C15H14F3N3O/c1-9-6-10(15(16,17)18)8-11(7-9)20-14(19)12-4-3-5-13(21-12)22-2/h3-8H,1-2H3,(H2,19,20). The summed E-state index contributed by atoms with van der Waals surface area (Å²) in [6.45, 7) is 1.56. The maximum Gasteiger partial charge on any atom is 0.416 e. The number of aryl methyl sites for hydroxylation is 1. The topological polar surface area (TPSA) is 60.5 Å². The average Bonchev–Trinajstić information content (AvgIpc) is 2.45. The number of aromatic nitrogens is 1. The first kappa shape index (κ1) is 15.8. The fraction of sp³-hybridized carbons (Fsp3) is 0.200. The maximum atomic E-state index is 12.8. The number of alkyl halides is 3. The Balaban J connectivity index is 2.41. The molecule has 0 aliphatic heterocycles. The minimum Gasteiger partial charge on any atom is -0.481 e. The number of nitrogens with zero attached hydrogens (tertiary/aromatic N) is 2. The van der Waals surface area contributed by atoms with Gasteiger partial charge in [0.15, 0.2) is 0 Å². The van der Waals surface area contributed by atoms with Gasteiger partial charge < -0.3 is 10.5 Å². The molecule has 0 saturated heterocycles. The normalized spacial score (nSPS) is 12.3. The summed E-state index contributed by atoms with van der Waals surface area (Å²) in [5.41, 5.74) is 5.94. The SMILES string of the molecule is COc1cccc(C(N)=Nc2cc(C)cc(C(F)(F)F)c2)n1. The van der Waals surface area contributed by atoms with Gasteiger partial charge in [-0.1, -0.05) is 6.07 Å². The van der Waals surface area contributed by atoms with Crippen molar-refractivity contribution in [2.45, 2.75) is 13.1 Å². The van der Waals surface area contributed by atoms with E-state index in [4.69, 9.17) is 10.5 Å². The van der Waals surface area contributed by atoms with Crippen molar-refractivity contribution in [1.82, 2.24) is 4.98 Å². The van der Waals surface area contributed by atoms with Crippen LogP contribution in [0.1, 0.15) is 16.8 Å². The quantitative estimate of drug-likeness (QED) is 0.698. The van der Waals surface area contributed by atoms with Crippen molar-refractivity contribution in [2.75, 3.05) is 7.11 Å². The molecule has 0 unspecified atom stereocenters. The highest BCUT2D eigenvalue weighted by molar-refractivity contribution is 5.97. The molecule has 2 aromatic rings. The zero-order valence-corrected chi connectivity index (χ0v) is 12.0. The summed E-state index contributed by atoms with van der Waals surface area (Å²) in [4.78, 5) is 8.10. The lowest BCUT2D eigenvalue weighted by Crippen LogP contribution is -2.15. The molecule has 0 bridgehead atoms. The molecule has 0 aliphatic rings. The molecular formula is C15H14F3N3O. The summed E-state index contributed by atoms with van der Waals surface area (Å²) in [6, 6.07) is 8.41. The number of aliphatic imine (C=N–C) groups is 1. The van der Waals surface area contributed by atoms with E-state index in [-0.39, 0.29) is 11.5 Å². The van der Waals surface area contributed by atoms with Gasteiger partial charge in [-0.25, -0.2) is 9.98 Å². The van der Waals surface area contributed by atoms with Crippen molar-refractivity contribution in [1.29, 1.82) is 0 Å². The van der Waals surface area contributed by atoms with E-state index in [0.29, 0.717) is 17.1 Å². The molecule has 0 radical (unpaired) electrons. The van der Waals surface area contributed by atoms with Gasteiger partial charge in [0.1, 0.15) is 11.5 Å². The summed E-state index contributed by atoms with van der Waals surface area (Å²) >= 11 is 0.